The van der Waals surface area contributed by atoms with Crippen molar-refractivity contribution in [2.45, 2.75) is 18.9 Å². The average Bonchev–Trinajstić information content (AvgIpc) is 2.87. The van der Waals surface area contributed by atoms with Crippen LogP contribution in [0, 0.1) is 28.9 Å². The highest BCUT2D eigenvalue weighted by molar-refractivity contribution is 6.08. The Morgan fingerprint density at radius 3 is 2.38 bits per heavy atom. The first kappa shape index (κ1) is 27.1. The normalized spacial score (nSPS) is 17.3. The Bertz CT molecular complexity index is 1280. The fourth-order valence-electron chi connectivity index (χ4n) is 4.00. The van der Waals surface area contributed by atoms with E-state index in [0.717, 1.165) is 26.8 Å². The number of nitrogens with zero attached hydrogens (tertiary/aromatic N) is 3. The fourth-order valence-corrected chi connectivity index (χ4v) is 4.00. The van der Waals surface area contributed by atoms with Crippen molar-refractivity contribution in [2.75, 3.05) is 32.1 Å². The van der Waals surface area contributed by atoms with Crippen LogP contribution < -0.4 is 10.2 Å². The first-order valence-electron chi connectivity index (χ1n) is 11.4. The van der Waals surface area contributed by atoms with Crippen molar-refractivity contribution in [2.24, 2.45) is 0 Å². The average molecular weight is 508 g/mol. The van der Waals surface area contributed by atoms with Crippen LogP contribution in [0.3, 0.4) is 0 Å². The Morgan fingerprint density at radius 1 is 1.16 bits per heavy atom. The number of rotatable bonds is 5. The number of halogens is 2. The van der Waals surface area contributed by atoms with Gasteiger partial charge in [-0.15, -0.1) is 0 Å². The lowest BCUT2D eigenvalue weighted by Gasteiger charge is -2.47. The number of amides is 3. The molecule has 1 atom stereocenters. The van der Waals surface area contributed by atoms with Crippen LogP contribution in [0.1, 0.15) is 24.5 Å². The van der Waals surface area contributed by atoms with Crippen LogP contribution >= 0.6 is 0 Å². The lowest BCUT2D eigenvalue weighted by Crippen LogP contribution is -2.68. The van der Waals surface area contributed by atoms with Crippen molar-refractivity contribution in [1.29, 1.82) is 5.41 Å². The van der Waals surface area contributed by atoms with E-state index in [1.54, 1.807) is 31.3 Å². The second-order valence-electron chi connectivity index (χ2n) is 8.51. The quantitative estimate of drug-likeness (QED) is 0.281. The summed E-state index contributed by atoms with van der Waals surface area (Å²) >= 11 is 0. The molecule has 2 aromatic carbocycles. The summed E-state index contributed by atoms with van der Waals surface area (Å²) < 4.78 is 30.1. The van der Waals surface area contributed by atoms with Crippen LogP contribution in [0.4, 0.5) is 19.3 Å². The van der Waals surface area contributed by atoms with Gasteiger partial charge in [0.25, 0.3) is 5.91 Å². The molecule has 0 bridgehead atoms. The van der Waals surface area contributed by atoms with E-state index < -0.39 is 34.8 Å². The molecule has 10 heteroatoms. The Balaban J connectivity index is 1.89. The second-order valence-corrected chi connectivity index (χ2v) is 8.51. The maximum Gasteiger partial charge on any atom is 0.325 e. The minimum absolute atomic E-state index is 0.0290. The molecule has 1 heterocycles. The third-order valence-corrected chi connectivity index (χ3v) is 6.02. The Morgan fingerprint density at radius 2 is 1.78 bits per heavy atom. The molecule has 0 saturated carbocycles. The highest BCUT2D eigenvalue weighted by atomic mass is 19.1. The molecule has 0 aromatic heterocycles. The standard InChI is InChI=1S/C27H27F2N5O3/c1-27(12-16-35)25(36)33(23(30)11-13-31-2)14-15-34(27)26(37)32(3)24-21(28)17-20(18-22(24)29)10-9-19-7-5-4-6-8-19/h4-8,11,13,16-18,30-31H,12,14-15H2,1-3H3/b13-11-,30-23?. The molecule has 2 N–H and O–H groups in total. The number of hydrogen-bond acceptors (Lipinski definition) is 5. The summed E-state index contributed by atoms with van der Waals surface area (Å²) in [6, 6.07) is 10.1. The van der Waals surface area contributed by atoms with Gasteiger partial charge < -0.3 is 15.0 Å². The molecule has 1 aliphatic heterocycles. The van der Waals surface area contributed by atoms with Gasteiger partial charge in [-0.1, -0.05) is 30.0 Å². The zero-order valence-electron chi connectivity index (χ0n) is 20.7. The number of piperazine rings is 1. The van der Waals surface area contributed by atoms with Gasteiger partial charge in [0, 0.05) is 44.7 Å². The van der Waals surface area contributed by atoms with Crippen molar-refractivity contribution in [1.82, 2.24) is 15.1 Å². The van der Waals surface area contributed by atoms with Gasteiger partial charge >= 0.3 is 6.03 Å². The Labute approximate surface area is 214 Å². The molecule has 3 amide bonds. The van der Waals surface area contributed by atoms with E-state index >= 15 is 8.78 Å². The largest absolute Gasteiger partial charge is 0.394 e. The maximum atomic E-state index is 15.0. The fraction of sp³-hybridized carbons (Fsp3) is 0.259. The third-order valence-electron chi connectivity index (χ3n) is 6.02. The minimum Gasteiger partial charge on any atom is -0.394 e. The predicted molar refractivity (Wildman–Crippen MR) is 136 cm³/mol. The molecular weight excluding hydrogens is 480 g/mol. The molecular formula is C27H27F2N5O3. The number of amidine groups is 1. The summed E-state index contributed by atoms with van der Waals surface area (Å²) in [5, 5.41) is 10.9. The van der Waals surface area contributed by atoms with Crippen molar-refractivity contribution < 1.29 is 23.2 Å². The van der Waals surface area contributed by atoms with Crippen LogP contribution in [-0.4, -0.2) is 66.6 Å². The smallest absolute Gasteiger partial charge is 0.325 e. The molecule has 1 saturated heterocycles. The molecule has 3 rings (SSSR count). The summed E-state index contributed by atoms with van der Waals surface area (Å²) in [5.41, 5.74) is -1.50. The maximum absolute atomic E-state index is 15.0. The highest BCUT2D eigenvalue weighted by Gasteiger charge is 2.49. The molecule has 192 valence electrons. The van der Waals surface area contributed by atoms with Gasteiger partial charge in [0.05, 0.1) is 0 Å². The van der Waals surface area contributed by atoms with Gasteiger partial charge in [-0.05, 0) is 43.5 Å². The number of aldehydes is 1. The van der Waals surface area contributed by atoms with E-state index in [1.165, 1.54) is 26.2 Å². The molecule has 1 fully saturated rings. The molecule has 8 nitrogen and oxygen atoms in total. The lowest BCUT2D eigenvalue weighted by molar-refractivity contribution is -0.143. The number of carbonyl (C=O) groups excluding carboxylic acids is 3. The highest BCUT2D eigenvalue weighted by Crippen LogP contribution is 2.31. The van der Waals surface area contributed by atoms with Crippen molar-refractivity contribution in [3.05, 3.63) is 77.5 Å². The number of carbonyl (C=O) groups is 3. The van der Waals surface area contributed by atoms with Gasteiger partial charge in [0.15, 0.2) is 11.6 Å². The summed E-state index contributed by atoms with van der Waals surface area (Å²) in [5.74, 6) is 2.74. The van der Waals surface area contributed by atoms with Crippen LogP contribution in [0.15, 0.2) is 54.7 Å². The van der Waals surface area contributed by atoms with Gasteiger partial charge in [-0.3, -0.25) is 20.0 Å². The SMILES string of the molecule is CN/C=C\C(=N)N1CCN(C(=O)N(C)c2c(F)cc(C#Cc3ccccc3)cc2F)C(C)(CC=O)C1=O. The van der Waals surface area contributed by atoms with Gasteiger partial charge in [0.2, 0.25) is 0 Å². The second kappa shape index (κ2) is 11.5. The molecule has 37 heavy (non-hydrogen) atoms. The number of nitrogens with one attached hydrogen (secondary N) is 2. The minimum atomic E-state index is -1.65. The van der Waals surface area contributed by atoms with Crippen LogP contribution in [0.25, 0.3) is 0 Å². The molecule has 1 aliphatic rings. The molecule has 2 aromatic rings. The van der Waals surface area contributed by atoms with E-state index in [2.05, 4.69) is 17.2 Å². The molecule has 1 unspecified atom stereocenters. The molecule has 0 aliphatic carbocycles. The van der Waals surface area contributed by atoms with E-state index in [-0.39, 0.29) is 30.9 Å². The molecule has 0 spiro atoms. The van der Waals surface area contributed by atoms with Gasteiger partial charge in [-0.25, -0.2) is 13.6 Å². The Kier molecular flexibility index (Phi) is 8.40. The summed E-state index contributed by atoms with van der Waals surface area (Å²) in [6.07, 6.45) is 2.98. The van der Waals surface area contributed by atoms with Crippen molar-refractivity contribution in [3.63, 3.8) is 0 Å². The number of hydrogen-bond donors (Lipinski definition) is 2. The Hall–Kier alpha value is -4.52. The number of benzene rings is 2. The van der Waals surface area contributed by atoms with Crippen molar-refractivity contribution in [3.8, 4) is 11.8 Å². The first-order chi connectivity index (χ1) is 17.6. The lowest BCUT2D eigenvalue weighted by atomic mass is 9.91. The van der Waals surface area contributed by atoms with Gasteiger partial charge in [-0.2, -0.15) is 0 Å². The number of urea groups is 1. The topological polar surface area (TPSA) is 96.8 Å². The van der Waals surface area contributed by atoms with Crippen LogP contribution in [0.2, 0.25) is 0 Å². The zero-order valence-corrected chi connectivity index (χ0v) is 20.7. The van der Waals surface area contributed by atoms with E-state index in [9.17, 15) is 14.4 Å². The monoisotopic (exact) mass is 507 g/mol. The van der Waals surface area contributed by atoms with E-state index in [1.807, 2.05) is 6.07 Å². The first-order valence-corrected chi connectivity index (χ1v) is 11.4. The van der Waals surface area contributed by atoms with E-state index in [0.29, 0.717) is 11.8 Å². The van der Waals surface area contributed by atoms with E-state index in [4.69, 9.17) is 5.41 Å². The van der Waals surface area contributed by atoms with Gasteiger partial charge in [0.1, 0.15) is 23.3 Å². The summed E-state index contributed by atoms with van der Waals surface area (Å²) in [4.78, 5) is 41.2. The summed E-state index contributed by atoms with van der Waals surface area (Å²) in [7, 11) is 2.82. The van der Waals surface area contributed by atoms with Crippen molar-refractivity contribution >= 4 is 29.7 Å². The number of anilines is 1. The molecule has 0 radical (unpaired) electrons. The zero-order chi connectivity index (χ0) is 27.2. The van der Waals surface area contributed by atoms with Crippen LogP contribution in [-0.2, 0) is 9.59 Å². The third kappa shape index (κ3) is 5.67. The summed E-state index contributed by atoms with van der Waals surface area (Å²) in [6.45, 7) is 1.31. The van der Waals surface area contributed by atoms with Crippen LogP contribution in [0.5, 0.6) is 0 Å². The predicted octanol–water partition coefficient (Wildman–Crippen LogP) is 3.12.